The lowest BCUT2D eigenvalue weighted by molar-refractivity contribution is -0.119. The Hall–Kier alpha value is -2.73. The van der Waals surface area contributed by atoms with E-state index in [1.54, 1.807) is 9.58 Å². The monoisotopic (exact) mass is 508 g/mol. The lowest BCUT2D eigenvalue weighted by Gasteiger charge is -2.27. The third-order valence-corrected chi connectivity index (χ3v) is 6.62. The summed E-state index contributed by atoms with van der Waals surface area (Å²) in [5, 5.41) is 8.55. The van der Waals surface area contributed by atoms with Gasteiger partial charge in [-0.3, -0.25) is 14.6 Å². The molecule has 34 heavy (non-hydrogen) atoms. The van der Waals surface area contributed by atoms with E-state index in [4.69, 9.17) is 4.74 Å². The molecule has 1 fully saturated rings. The molecule has 0 bridgehead atoms. The number of morpholine rings is 1. The lowest BCUT2D eigenvalue weighted by Crippen LogP contribution is -2.40. The number of carbonyl (C=O) groups excluding carboxylic acids is 1. The molecule has 0 saturated carbocycles. The highest BCUT2D eigenvalue weighted by Crippen LogP contribution is 2.31. The van der Waals surface area contributed by atoms with E-state index in [0.29, 0.717) is 41.5 Å². The molecule has 0 atom stereocenters. The number of para-hydroxylation sites is 1. The fraction of sp³-hybridized carbons (Fsp3) is 0.364. The van der Waals surface area contributed by atoms with E-state index in [9.17, 15) is 13.6 Å². The Labute approximate surface area is 204 Å². The fourth-order valence-electron chi connectivity index (χ4n) is 3.91. The zero-order chi connectivity index (χ0) is 22.8. The summed E-state index contributed by atoms with van der Waals surface area (Å²) in [7, 11) is 0. The average Bonchev–Trinajstić information content (AvgIpc) is 3.42. The van der Waals surface area contributed by atoms with Crippen LogP contribution in [0, 0.1) is 11.6 Å². The molecule has 0 spiro atoms. The number of ether oxygens (including phenoxy) is 1. The summed E-state index contributed by atoms with van der Waals surface area (Å²) >= 11 is 1.10. The number of aromatic nitrogens is 4. The first kappa shape index (κ1) is 24.4. The van der Waals surface area contributed by atoms with Crippen LogP contribution >= 0.6 is 23.7 Å². The molecule has 4 aromatic rings. The van der Waals surface area contributed by atoms with Crippen LogP contribution < -0.4 is 4.90 Å². The summed E-state index contributed by atoms with van der Waals surface area (Å²) in [6.45, 7) is 4.26. The third kappa shape index (κ3) is 5.17. The quantitative estimate of drug-likeness (QED) is 0.380. The maximum Gasteiger partial charge on any atom is 0.250 e. The summed E-state index contributed by atoms with van der Waals surface area (Å²) in [5.41, 5.74) is 1.51. The van der Waals surface area contributed by atoms with Gasteiger partial charge in [0.2, 0.25) is 0 Å². The van der Waals surface area contributed by atoms with Crippen LogP contribution in [0.4, 0.5) is 13.9 Å². The van der Waals surface area contributed by atoms with Gasteiger partial charge in [0.25, 0.3) is 5.91 Å². The van der Waals surface area contributed by atoms with Crippen LogP contribution in [-0.2, 0) is 16.1 Å². The first-order chi connectivity index (χ1) is 16.1. The van der Waals surface area contributed by atoms with Gasteiger partial charge in [-0.25, -0.2) is 18.4 Å². The van der Waals surface area contributed by atoms with Gasteiger partial charge in [0, 0.05) is 32.2 Å². The molecular weight excluding hydrogens is 486 g/mol. The van der Waals surface area contributed by atoms with Crippen molar-refractivity contribution in [3.63, 3.8) is 0 Å². The van der Waals surface area contributed by atoms with Crippen LogP contribution in [0.15, 0.2) is 36.4 Å². The molecule has 2 aromatic carbocycles. The Bertz CT molecular complexity index is 1290. The Kier molecular flexibility index (Phi) is 7.67. The molecule has 1 saturated heterocycles. The Morgan fingerprint density at radius 2 is 1.97 bits per heavy atom. The molecule has 180 valence electrons. The number of nitrogens with zero attached hydrogens (tertiary/aromatic N) is 6. The van der Waals surface area contributed by atoms with Gasteiger partial charge in [0.15, 0.2) is 10.9 Å². The molecule has 8 nitrogen and oxygen atoms in total. The van der Waals surface area contributed by atoms with Crippen molar-refractivity contribution in [2.24, 2.45) is 0 Å². The van der Waals surface area contributed by atoms with Crippen LogP contribution in [0.5, 0.6) is 0 Å². The molecule has 0 N–H and O–H groups in total. The summed E-state index contributed by atoms with van der Waals surface area (Å²) in [6.07, 6.45) is 0.705. The van der Waals surface area contributed by atoms with Crippen molar-refractivity contribution < 1.29 is 18.3 Å². The van der Waals surface area contributed by atoms with Crippen molar-refractivity contribution in [2.75, 3.05) is 44.3 Å². The van der Waals surface area contributed by atoms with Gasteiger partial charge in [-0.05, 0) is 24.6 Å². The molecular formula is C22H23ClF2N6O2S. The van der Waals surface area contributed by atoms with Gasteiger partial charge in [-0.15, -0.1) is 17.5 Å². The minimum atomic E-state index is -0.740. The number of anilines is 1. The second-order valence-electron chi connectivity index (χ2n) is 7.82. The molecule has 3 heterocycles. The van der Waals surface area contributed by atoms with Crippen LogP contribution in [0.1, 0.15) is 6.42 Å². The number of rotatable bonds is 7. The minimum absolute atomic E-state index is 0. The first-order valence-corrected chi connectivity index (χ1v) is 11.5. The predicted octanol–water partition coefficient (Wildman–Crippen LogP) is 3.50. The smallest absolute Gasteiger partial charge is 0.250 e. The normalized spacial score (nSPS) is 14.4. The van der Waals surface area contributed by atoms with Crippen molar-refractivity contribution >= 4 is 56.0 Å². The zero-order valence-corrected chi connectivity index (χ0v) is 19.8. The highest BCUT2D eigenvalue weighted by atomic mass is 35.5. The van der Waals surface area contributed by atoms with E-state index in [0.717, 1.165) is 42.6 Å². The molecule has 1 aliphatic rings. The van der Waals surface area contributed by atoms with E-state index in [2.05, 4.69) is 20.2 Å². The average molecular weight is 509 g/mol. The van der Waals surface area contributed by atoms with Crippen molar-refractivity contribution in [1.82, 2.24) is 24.9 Å². The molecule has 1 aliphatic heterocycles. The van der Waals surface area contributed by atoms with Gasteiger partial charge in [-0.2, -0.15) is 0 Å². The van der Waals surface area contributed by atoms with Crippen molar-refractivity contribution in [2.45, 2.75) is 13.0 Å². The molecule has 12 heteroatoms. The topological polar surface area (TPSA) is 76.4 Å². The summed E-state index contributed by atoms with van der Waals surface area (Å²) < 4.78 is 35.2. The number of carbonyl (C=O) groups is 1. The van der Waals surface area contributed by atoms with Crippen LogP contribution in [0.25, 0.3) is 21.3 Å². The lowest BCUT2D eigenvalue weighted by atomic mass is 10.3. The fourth-order valence-corrected chi connectivity index (χ4v) is 4.96. The molecule has 1 amide bonds. The van der Waals surface area contributed by atoms with Crippen LogP contribution in [0.3, 0.4) is 0 Å². The number of hydrogen-bond acceptors (Lipinski definition) is 7. The van der Waals surface area contributed by atoms with E-state index in [-0.39, 0.29) is 30.4 Å². The van der Waals surface area contributed by atoms with Crippen LogP contribution in [-0.4, -0.2) is 70.2 Å². The molecule has 2 aromatic heterocycles. The Morgan fingerprint density at radius 1 is 1.18 bits per heavy atom. The second kappa shape index (κ2) is 10.7. The van der Waals surface area contributed by atoms with E-state index < -0.39 is 11.6 Å². The van der Waals surface area contributed by atoms with Crippen molar-refractivity contribution in [3.8, 4) is 0 Å². The van der Waals surface area contributed by atoms with Gasteiger partial charge in [0.05, 0.1) is 23.4 Å². The number of fused-ring (bicyclic) bond motifs is 2. The van der Waals surface area contributed by atoms with Gasteiger partial charge >= 0.3 is 0 Å². The largest absolute Gasteiger partial charge is 0.379 e. The Morgan fingerprint density at radius 3 is 2.79 bits per heavy atom. The van der Waals surface area contributed by atoms with Crippen molar-refractivity contribution in [3.05, 3.63) is 48.0 Å². The number of amides is 1. The SMILES string of the molecule is Cl.O=C(Cn1nnc2ccccc21)N(CCCN1CCOCC1)c1nc2c(F)cc(F)cc2s1. The highest BCUT2D eigenvalue weighted by molar-refractivity contribution is 7.22. The van der Waals surface area contributed by atoms with Crippen molar-refractivity contribution in [1.29, 1.82) is 0 Å². The summed E-state index contributed by atoms with van der Waals surface area (Å²) in [4.78, 5) is 21.5. The second-order valence-corrected chi connectivity index (χ2v) is 8.83. The summed E-state index contributed by atoms with van der Waals surface area (Å²) in [5.74, 6) is -1.66. The number of benzene rings is 2. The summed E-state index contributed by atoms with van der Waals surface area (Å²) in [6, 6.07) is 9.43. The third-order valence-electron chi connectivity index (χ3n) is 5.60. The molecule has 0 unspecified atom stereocenters. The highest BCUT2D eigenvalue weighted by Gasteiger charge is 2.23. The number of halogens is 3. The Balaban J connectivity index is 0.00000274. The van der Waals surface area contributed by atoms with E-state index >= 15 is 0 Å². The predicted molar refractivity (Wildman–Crippen MR) is 129 cm³/mol. The van der Waals surface area contributed by atoms with Gasteiger partial charge < -0.3 is 4.74 Å². The van der Waals surface area contributed by atoms with Gasteiger partial charge in [0.1, 0.15) is 23.4 Å². The number of hydrogen-bond donors (Lipinski definition) is 0. The maximum absolute atomic E-state index is 14.3. The first-order valence-electron chi connectivity index (χ1n) is 10.7. The van der Waals surface area contributed by atoms with E-state index in [1.165, 1.54) is 6.07 Å². The van der Waals surface area contributed by atoms with E-state index in [1.807, 2.05) is 24.3 Å². The molecule has 0 radical (unpaired) electrons. The van der Waals surface area contributed by atoms with Crippen LogP contribution in [0.2, 0.25) is 0 Å². The number of thiazole rings is 1. The standard InChI is InChI=1S/C22H22F2N6O2S.ClH/c23-15-12-16(24)21-19(13-15)33-22(25-21)29(7-3-6-28-8-10-32-11-9-28)20(31)14-30-18-5-2-1-4-17(18)26-27-30;/h1-2,4-5,12-13H,3,6-11,14H2;1H. The maximum atomic E-state index is 14.3. The minimum Gasteiger partial charge on any atom is -0.379 e. The molecule has 0 aliphatic carbocycles. The molecule has 5 rings (SSSR count). The zero-order valence-electron chi connectivity index (χ0n) is 18.2. The van der Waals surface area contributed by atoms with Gasteiger partial charge in [-0.1, -0.05) is 28.7 Å².